The fraction of sp³-hybridized carbons (Fsp3) is 0.241. The highest BCUT2D eigenvalue weighted by Crippen LogP contribution is 2.42. The minimum atomic E-state index is -3.80. The van der Waals surface area contributed by atoms with Crippen LogP contribution in [0.4, 0.5) is 10.1 Å². The predicted molar refractivity (Wildman–Crippen MR) is 147 cm³/mol. The molecule has 5 rings (SSSR count). The molecule has 3 aromatic carbocycles. The van der Waals surface area contributed by atoms with Crippen molar-refractivity contribution < 1.29 is 46.1 Å². The van der Waals surface area contributed by atoms with Gasteiger partial charge in [-0.05, 0) is 43.3 Å². The maximum atomic E-state index is 13.5. The van der Waals surface area contributed by atoms with E-state index in [0.717, 1.165) is 10.6 Å². The van der Waals surface area contributed by atoms with Crippen LogP contribution >= 0.6 is 0 Å². The molecule has 1 aromatic heterocycles. The SMILES string of the molecule is CCN(c1cc2oc(-c3ccc(F)cc3)c(C(=O)O)c2cc1OCc1cccc2c1C(=O)OC(C)(C)O2)S(C)(=O)=O. The van der Waals surface area contributed by atoms with E-state index in [-0.39, 0.29) is 52.4 Å². The van der Waals surface area contributed by atoms with Gasteiger partial charge in [-0.2, -0.15) is 0 Å². The van der Waals surface area contributed by atoms with Crippen LogP contribution in [0, 0.1) is 5.82 Å². The molecule has 0 saturated carbocycles. The Bertz CT molecular complexity index is 1790. The van der Waals surface area contributed by atoms with Gasteiger partial charge >= 0.3 is 11.9 Å². The Kier molecular flexibility index (Phi) is 6.90. The third kappa shape index (κ3) is 5.30. The molecule has 0 amide bonds. The summed E-state index contributed by atoms with van der Waals surface area (Å²) in [5.74, 6) is -3.27. The second-order valence-corrected chi connectivity index (χ2v) is 11.7. The number of benzene rings is 3. The molecule has 0 unspecified atom stereocenters. The Balaban J connectivity index is 1.65. The maximum absolute atomic E-state index is 13.5. The van der Waals surface area contributed by atoms with Crippen LogP contribution in [0.2, 0.25) is 0 Å². The zero-order chi connectivity index (χ0) is 29.7. The number of esters is 1. The molecule has 0 fully saturated rings. The third-order valence-electron chi connectivity index (χ3n) is 6.44. The van der Waals surface area contributed by atoms with Crippen molar-refractivity contribution in [3.8, 4) is 22.8 Å². The summed E-state index contributed by atoms with van der Waals surface area (Å²) in [5.41, 5.74) is 0.872. The number of sulfonamides is 1. The van der Waals surface area contributed by atoms with E-state index >= 15 is 0 Å². The number of furan rings is 1. The zero-order valence-corrected chi connectivity index (χ0v) is 23.4. The fourth-order valence-corrected chi connectivity index (χ4v) is 5.72. The number of carboxylic acid groups (broad SMARTS) is 1. The van der Waals surface area contributed by atoms with E-state index in [9.17, 15) is 27.5 Å². The summed E-state index contributed by atoms with van der Waals surface area (Å²) in [6.07, 6.45) is 1.03. The first kappa shape index (κ1) is 28.0. The monoisotopic (exact) mass is 583 g/mol. The Hall–Kier alpha value is -4.58. The van der Waals surface area contributed by atoms with Crippen LogP contribution in [-0.4, -0.2) is 44.1 Å². The second kappa shape index (κ2) is 10.1. The summed E-state index contributed by atoms with van der Waals surface area (Å²) in [5, 5.41) is 10.2. The summed E-state index contributed by atoms with van der Waals surface area (Å²) >= 11 is 0. The van der Waals surface area contributed by atoms with Crippen LogP contribution in [0.25, 0.3) is 22.3 Å². The molecule has 0 atom stereocenters. The minimum absolute atomic E-state index is 0.0294. The van der Waals surface area contributed by atoms with Gasteiger partial charge in [-0.1, -0.05) is 12.1 Å². The Morgan fingerprint density at radius 2 is 1.80 bits per heavy atom. The Morgan fingerprint density at radius 1 is 1.10 bits per heavy atom. The standard InChI is InChI=1S/C29H26FNO9S/c1-5-31(41(4,35)36)20-14-22-19(25(27(32)33)26(38-22)16-9-11-18(30)12-10-16)13-23(20)37-15-17-7-6-8-21-24(17)28(34)40-29(2,3)39-21/h6-14H,5,15H2,1-4H3,(H,32,33). The van der Waals surface area contributed by atoms with Crippen molar-refractivity contribution in [1.29, 1.82) is 0 Å². The first-order valence-corrected chi connectivity index (χ1v) is 14.4. The van der Waals surface area contributed by atoms with E-state index in [1.54, 1.807) is 39.0 Å². The molecule has 0 bridgehead atoms. The predicted octanol–water partition coefficient (Wildman–Crippen LogP) is 5.59. The van der Waals surface area contributed by atoms with Crippen molar-refractivity contribution in [1.82, 2.24) is 0 Å². The van der Waals surface area contributed by atoms with Gasteiger partial charge in [-0.15, -0.1) is 0 Å². The van der Waals surface area contributed by atoms with Gasteiger partial charge in [0, 0.05) is 43.0 Å². The molecule has 214 valence electrons. The van der Waals surface area contributed by atoms with Crippen LogP contribution in [0.15, 0.2) is 59.0 Å². The topological polar surface area (TPSA) is 133 Å². The molecular weight excluding hydrogens is 557 g/mol. The van der Waals surface area contributed by atoms with Crippen LogP contribution in [0.1, 0.15) is 47.1 Å². The summed E-state index contributed by atoms with van der Waals surface area (Å²) in [6.45, 7) is 4.68. The number of cyclic esters (lactones) is 1. The molecule has 0 radical (unpaired) electrons. The van der Waals surface area contributed by atoms with Crippen molar-refractivity contribution in [2.75, 3.05) is 17.1 Å². The highest BCUT2D eigenvalue weighted by molar-refractivity contribution is 7.92. The van der Waals surface area contributed by atoms with Crippen molar-refractivity contribution in [2.45, 2.75) is 33.2 Å². The lowest BCUT2D eigenvalue weighted by molar-refractivity contribution is -0.127. The van der Waals surface area contributed by atoms with Crippen LogP contribution in [-0.2, 0) is 21.4 Å². The van der Waals surface area contributed by atoms with Gasteiger partial charge < -0.3 is 23.7 Å². The highest BCUT2D eigenvalue weighted by atomic mass is 32.2. The smallest absolute Gasteiger partial charge is 0.345 e. The zero-order valence-electron chi connectivity index (χ0n) is 22.6. The number of hydrogen-bond acceptors (Lipinski definition) is 8. The first-order chi connectivity index (χ1) is 19.3. The average Bonchev–Trinajstić information content (AvgIpc) is 3.25. The molecule has 0 spiro atoms. The summed E-state index contributed by atoms with van der Waals surface area (Å²) in [6, 6.07) is 12.8. The molecule has 4 aromatic rings. The molecule has 0 aliphatic carbocycles. The van der Waals surface area contributed by atoms with Gasteiger partial charge in [0.1, 0.15) is 46.4 Å². The number of fused-ring (bicyclic) bond motifs is 2. The summed E-state index contributed by atoms with van der Waals surface area (Å²) < 4.78 is 63.1. The Morgan fingerprint density at radius 3 is 2.44 bits per heavy atom. The van der Waals surface area contributed by atoms with Gasteiger partial charge in [0.15, 0.2) is 0 Å². The number of hydrogen-bond donors (Lipinski definition) is 1. The number of carbonyl (C=O) groups is 2. The van der Waals surface area contributed by atoms with Crippen LogP contribution < -0.4 is 13.8 Å². The number of aromatic carboxylic acids is 1. The van der Waals surface area contributed by atoms with Crippen molar-refractivity contribution in [2.24, 2.45) is 0 Å². The highest BCUT2D eigenvalue weighted by Gasteiger charge is 2.35. The molecule has 1 aliphatic heterocycles. The number of carbonyl (C=O) groups excluding carboxylic acids is 1. The van der Waals surface area contributed by atoms with E-state index in [4.69, 9.17) is 18.6 Å². The number of ether oxygens (including phenoxy) is 3. The molecule has 12 heteroatoms. The minimum Gasteiger partial charge on any atom is -0.487 e. The van der Waals surface area contributed by atoms with E-state index < -0.39 is 33.6 Å². The van der Waals surface area contributed by atoms with E-state index in [1.165, 1.54) is 36.4 Å². The maximum Gasteiger partial charge on any atom is 0.345 e. The van der Waals surface area contributed by atoms with E-state index in [2.05, 4.69) is 0 Å². The van der Waals surface area contributed by atoms with Crippen molar-refractivity contribution in [3.05, 3.63) is 77.1 Å². The third-order valence-corrected chi connectivity index (χ3v) is 7.70. The van der Waals surface area contributed by atoms with Gasteiger partial charge in [0.25, 0.3) is 0 Å². The quantitative estimate of drug-likeness (QED) is 0.264. The number of carboxylic acids is 1. The number of anilines is 1. The van der Waals surface area contributed by atoms with Gasteiger partial charge in [0.05, 0.1) is 11.9 Å². The molecule has 2 heterocycles. The summed E-state index contributed by atoms with van der Waals surface area (Å²) in [7, 11) is -3.80. The molecule has 1 N–H and O–H groups in total. The molecule has 41 heavy (non-hydrogen) atoms. The van der Waals surface area contributed by atoms with Gasteiger partial charge in [-0.3, -0.25) is 4.31 Å². The number of halogens is 1. The van der Waals surface area contributed by atoms with Crippen molar-refractivity contribution in [3.63, 3.8) is 0 Å². The lowest BCUT2D eigenvalue weighted by atomic mass is 10.0. The number of rotatable bonds is 8. The van der Waals surface area contributed by atoms with Crippen molar-refractivity contribution >= 4 is 38.6 Å². The fourth-order valence-electron chi connectivity index (χ4n) is 4.75. The second-order valence-electron chi connectivity index (χ2n) is 9.83. The number of nitrogens with zero attached hydrogens (tertiary/aromatic N) is 1. The average molecular weight is 584 g/mol. The van der Waals surface area contributed by atoms with Gasteiger partial charge in [0.2, 0.25) is 15.8 Å². The van der Waals surface area contributed by atoms with E-state index in [0.29, 0.717) is 16.9 Å². The Labute approximate surface area is 234 Å². The molecular formula is C29H26FNO9S. The lowest BCUT2D eigenvalue weighted by Gasteiger charge is -2.32. The van der Waals surface area contributed by atoms with Crippen LogP contribution in [0.3, 0.4) is 0 Å². The normalized spacial score (nSPS) is 14.2. The van der Waals surface area contributed by atoms with Crippen LogP contribution in [0.5, 0.6) is 11.5 Å². The summed E-state index contributed by atoms with van der Waals surface area (Å²) in [4.78, 5) is 25.2. The van der Waals surface area contributed by atoms with E-state index in [1.807, 2.05) is 0 Å². The first-order valence-electron chi connectivity index (χ1n) is 12.5. The lowest BCUT2D eigenvalue weighted by Crippen LogP contribution is -2.39. The molecule has 0 saturated heterocycles. The van der Waals surface area contributed by atoms with Gasteiger partial charge in [-0.25, -0.2) is 22.4 Å². The largest absolute Gasteiger partial charge is 0.487 e. The molecule has 1 aliphatic rings. The molecule has 10 nitrogen and oxygen atoms in total.